The summed E-state index contributed by atoms with van der Waals surface area (Å²) in [6, 6.07) is 9.86. The quantitative estimate of drug-likeness (QED) is 0.825. The summed E-state index contributed by atoms with van der Waals surface area (Å²) in [7, 11) is -3.10. The fourth-order valence-corrected chi connectivity index (χ4v) is 2.90. The van der Waals surface area contributed by atoms with Crippen LogP contribution in [0, 0.1) is 5.92 Å². The summed E-state index contributed by atoms with van der Waals surface area (Å²) in [5, 5.41) is 0. The van der Waals surface area contributed by atoms with Crippen molar-refractivity contribution in [1.82, 2.24) is 4.72 Å². The molecule has 0 amide bonds. The lowest BCUT2D eigenvalue weighted by atomic mass is 10.2. The van der Waals surface area contributed by atoms with Gasteiger partial charge in [0.15, 0.2) is 0 Å². The fourth-order valence-electron chi connectivity index (χ4n) is 1.49. The summed E-state index contributed by atoms with van der Waals surface area (Å²) in [5.74, 6) is 0.358. The van der Waals surface area contributed by atoms with Crippen LogP contribution in [0.5, 0.6) is 0 Å². The van der Waals surface area contributed by atoms with Crippen LogP contribution in [0.25, 0.3) is 0 Å². The van der Waals surface area contributed by atoms with E-state index in [0.717, 1.165) is 12.0 Å². The van der Waals surface area contributed by atoms with Gasteiger partial charge in [0, 0.05) is 6.54 Å². The molecule has 1 aromatic rings. The molecule has 0 aromatic heterocycles. The zero-order valence-corrected chi connectivity index (χ0v) is 10.6. The molecule has 4 heteroatoms. The maximum Gasteiger partial charge on any atom is 0.211 e. The van der Waals surface area contributed by atoms with E-state index in [9.17, 15) is 8.42 Å². The molecule has 0 radical (unpaired) electrons. The highest BCUT2D eigenvalue weighted by molar-refractivity contribution is 7.89. The first kappa shape index (κ1) is 13.2. The Hall–Kier alpha value is -0.870. The van der Waals surface area contributed by atoms with Gasteiger partial charge in [-0.3, -0.25) is 0 Å². The van der Waals surface area contributed by atoms with Crippen molar-refractivity contribution in [2.75, 3.05) is 12.3 Å². The topological polar surface area (TPSA) is 46.2 Å². The number of benzene rings is 1. The molecule has 3 nitrogen and oxygen atoms in total. The standard InChI is InChI=1S/C12H19NO2S/c1-11(2)10-16(14,15)13-9-8-12-6-4-3-5-7-12/h3-7,11,13H,8-10H2,1-2H3. The second-order valence-corrected chi connectivity index (χ2v) is 6.16. The van der Waals surface area contributed by atoms with E-state index in [4.69, 9.17) is 0 Å². The first-order chi connectivity index (χ1) is 7.49. The largest absolute Gasteiger partial charge is 0.215 e. The molecule has 0 saturated heterocycles. The van der Waals surface area contributed by atoms with E-state index in [0.29, 0.717) is 6.54 Å². The second kappa shape index (κ2) is 6.01. The second-order valence-electron chi connectivity index (χ2n) is 4.31. The first-order valence-corrected chi connectivity index (χ1v) is 7.16. The van der Waals surface area contributed by atoms with E-state index in [1.807, 2.05) is 44.2 Å². The smallest absolute Gasteiger partial charge is 0.211 e. The van der Waals surface area contributed by atoms with Gasteiger partial charge in [0.2, 0.25) is 10.0 Å². The highest BCUT2D eigenvalue weighted by atomic mass is 32.2. The Bertz CT molecular complexity index is 398. The van der Waals surface area contributed by atoms with Crippen LogP contribution >= 0.6 is 0 Å². The molecular weight excluding hydrogens is 222 g/mol. The van der Waals surface area contributed by atoms with Gasteiger partial charge in [0.05, 0.1) is 5.75 Å². The van der Waals surface area contributed by atoms with Crippen molar-refractivity contribution in [1.29, 1.82) is 0 Å². The molecule has 0 aliphatic carbocycles. The minimum absolute atomic E-state index is 0.161. The Kier molecular flexibility index (Phi) is 4.96. The number of hydrogen-bond donors (Lipinski definition) is 1. The van der Waals surface area contributed by atoms with Crippen LogP contribution in [-0.4, -0.2) is 20.7 Å². The molecule has 0 saturated carbocycles. The number of hydrogen-bond acceptors (Lipinski definition) is 2. The summed E-state index contributed by atoms with van der Waals surface area (Å²) in [6.45, 7) is 4.27. The Morgan fingerprint density at radius 3 is 2.38 bits per heavy atom. The number of sulfonamides is 1. The van der Waals surface area contributed by atoms with Gasteiger partial charge in [-0.2, -0.15) is 0 Å². The van der Waals surface area contributed by atoms with Crippen LogP contribution in [0.3, 0.4) is 0 Å². The molecule has 16 heavy (non-hydrogen) atoms. The van der Waals surface area contributed by atoms with Crippen LogP contribution in [-0.2, 0) is 16.4 Å². The van der Waals surface area contributed by atoms with Crippen LogP contribution in [0.4, 0.5) is 0 Å². The van der Waals surface area contributed by atoms with E-state index in [-0.39, 0.29) is 11.7 Å². The third-order valence-electron chi connectivity index (χ3n) is 2.13. The Morgan fingerprint density at radius 2 is 1.81 bits per heavy atom. The van der Waals surface area contributed by atoms with Crippen LogP contribution < -0.4 is 4.72 Å². The van der Waals surface area contributed by atoms with Gasteiger partial charge in [-0.15, -0.1) is 0 Å². The molecule has 0 aliphatic heterocycles. The Morgan fingerprint density at radius 1 is 1.19 bits per heavy atom. The predicted octanol–water partition coefficient (Wildman–Crippen LogP) is 1.80. The lowest BCUT2D eigenvalue weighted by molar-refractivity contribution is 0.568. The molecule has 0 fully saturated rings. The van der Waals surface area contributed by atoms with E-state index in [1.54, 1.807) is 0 Å². The summed E-state index contributed by atoms with van der Waals surface area (Å²) < 4.78 is 25.7. The molecule has 0 heterocycles. The third-order valence-corrected chi connectivity index (χ3v) is 3.88. The summed E-state index contributed by atoms with van der Waals surface area (Å²) >= 11 is 0. The molecule has 0 bridgehead atoms. The van der Waals surface area contributed by atoms with E-state index in [2.05, 4.69) is 4.72 Å². The maximum atomic E-state index is 11.5. The Balaban J connectivity index is 2.36. The third kappa shape index (κ3) is 5.28. The van der Waals surface area contributed by atoms with Gasteiger partial charge in [0.1, 0.15) is 0 Å². The molecule has 1 N–H and O–H groups in total. The minimum atomic E-state index is -3.10. The molecular formula is C12H19NO2S. The zero-order valence-electron chi connectivity index (χ0n) is 9.81. The van der Waals surface area contributed by atoms with Crippen molar-refractivity contribution in [3.05, 3.63) is 35.9 Å². The molecule has 90 valence electrons. The summed E-state index contributed by atoms with van der Waals surface area (Å²) in [6.07, 6.45) is 0.734. The van der Waals surface area contributed by atoms with Crippen LogP contribution in [0.15, 0.2) is 30.3 Å². The van der Waals surface area contributed by atoms with Crippen LogP contribution in [0.2, 0.25) is 0 Å². The highest BCUT2D eigenvalue weighted by Crippen LogP contribution is 2.00. The van der Waals surface area contributed by atoms with Crippen molar-refractivity contribution in [3.8, 4) is 0 Å². The van der Waals surface area contributed by atoms with Crippen molar-refractivity contribution < 1.29 is 8.42 Å². The average molecular weight is 241 g/mol. The van der Waals surface area contributed by atoms with Gasteiger partial charge in [-0.1, -0.05) is 44.2 Å². The SMILES string of the molecule is CC(C)CS(=O)(=O)NCCc1ccccc1. The first-order valence-electron chi connectivity index (χ1n) is 5.51. The molecule has 1 rings (SSSR count). The van der Waals surface area contributed by atoms with Crippen molar-refractivity contribution >= 4 is 10.0 Å². The van der Waals surface area contributed by atoms with Crippen molar-refractivity contribution in [2.24, 2.45) is 5.92 Å². The number of nitrogens with one attached hydrogen (secondary N) is 1. The Labute approximate surface area is 97.9 Å². The molecule has 0 aliphatic rings. The van der Waals surface area contributed by atoms with Gasteiger partial charge in [-0.05, 0) is 17.9 Å². The summed E-state index contributed by atoms with van der Waals surface area (Å²) in [4.78, 5) is 0. The van der Waals surface area contributed by atoms with Gasteiger partial charge in [-0.25, -0.2) is 13.1 Å². The molecule has 0 spiro atoms. The molecule has 0 unspecified atom stereocenters. The molecule has 0 atom stereocenters. The molecule has 1 aromatic carbocycles. The van der Waals surface area contributed by atoms with E-state index in [1.165, 1.54) is 0 Å². The summed E-state index contributed by atoms with van der Waals surface area (Å²) in [5.41, 5.74) is 1.15. The van der Waals surface area contributed by atoms with Crippen molar-refractivity contribution in [2.45, 2.75) is 20.3 Å². The van der Waals surface area contributed by atoms with Gasteiger partial charge < -0.3 is 0 Å². The van der Waals surface area contributed by atoms with Crippen molar-refractivity contribution in [3.63, 3.8) is 0 Å². The fraction of sp³-hybridized carbons (Fsp3) is 0.500. The minimum Gasteiger partial charge on any atom is -0.215 e. The van der Waals surface area contributed by atoms with E-state index < -0.39 is 10.0 Å². The maximum absolute atomic E-state index is 11.5. The predicted molar refractivity (Wildman–Crippen MR) is 66.8 cm³/mol. The van der Waals surface area contributed by atoms with Crippen LogP contribution in [0.1, 0.15) is 19.4 Å². The lowest BCUT2D eigenvalue weighted by Gasteiger charge is -2.08. The monoisotopic (exact) mass is 241 g/mol. The zero-order chi connectivity index (χ0) is 12.0. The highest BCUT2D eigenvalue weighted by Gasteiger charge is 2.11. The normalized spacial score (nSPS) is 11.9. The average Bonchev–Trinajstić information content (AvgIpc) is 2.16. The lowest BCUT2D eigenvalue weighted by Crippen LogP contribution is -2.30. The van der Waals surface area contributed by atoms with E-state index >= 15 is 0 Å². The number of rotatable bonds is 6. The van der Waals surface area contributed by atoms with Gasteiger partial charge in [0.25, 0.3) is 0 Å². The van der Waals surface area contributed by atoms with Gasteiger partial charge >= 0.3 is 0 Å².